The highest BCUT2D eigenvalue weighted by Crippen LogP contribution is 2.13. The minimum Gasteiger partial charge on any atom is -0.497 e. The number of hydrogen-bond acceptors (Lipinski definition) is 3. The third kappa shape index (κ3) is 4.91. The molecule has 1 amide bonds. The number of hydrogen-bond donors (Lipinski definition) is 1. The van der Waals surface area contributed by atoms with E-state index in [0.717, 1.165) is 24.3 Å². The van der Waals surface area contributed by atoms with E-state index < -0.39 is 0 Å². The van der Waals surface area contributed by atoms with Gasteiger partial charge in [-0.15, -0.1) is 0 Å². The summed E-state index contributed by atoms with van der Waals surface area (Å²) < 4.78 is 5.10. The zero-order valence-electron chi connectivity index (χ0n) is 12.1. The van der Waals surface area contributed by atoms with Crippen LogP contribution in [0.25, 0.3) is 0 Å². The summed E-state index contributed by atoms with van der Waals surface area (Å²) in [5.74, 6) is 0.952. The molecule has 0 saturated carbocycles. The molecule has 4 heteroatoms. The van der Waals surface area contributed by atoms with Crippen LogP contribution >= 0.6 is 0 Å². The second kappa shape index (κ2) is 7.79. The standard InChI is InChI=1S/C15H24N2O2/c1-12(2)17(10-4-9-16)15(18)11-13-5-7-14(19-3)8-6-13/h5-8,12H,4,9-11,16H2,1-3H3. The monoisotopic (exact) mass is 264 g/mol. The quantitative estimate of drug-likeness (QED) is 0.817. The van der Waals surface area contributed by atoms with Crippen molar-refractivity contribution >= 4 is 5.91 Å². The average Bonchev–Trinajstić information content (AvgIpc) is 2.39. The second-order valence-corrected chi connectivity index (χ2v) is 4.85. The summed E-state index contributed by atoms with van der Waals surface area (Å²) in [6.07, 6.45) is 1.26. The molecule has 0 bridgehead atoms. The number of amides is 1. The van der Waals surface area contributed by atoms with Crippen molar-refractivity contribution in [1.82, 2.24) is 4.90 Å². The van der Waals surface area contributed by atoms with Crippen molar-refractivity contribution < 1.29 is 9.53 Å². The van der Waals surface area contributed by atoms with Crippen LogP contribution in [0, 0.1) is 0 Å². The summed E-state index contributed by atoms with van der Waals surface area (Å²) >= 11 is 0. The lowest BCUT2D eigenvalue weighted by molar-refractivity contribution is -0.132. The van der Waals surface area contributed by atoms with E-state index in [4.69, 9.17) is 10.5 Å². The van der Waals surface area contributed by atoms with E-state index in [-0.39, 0.29) is 11.9 Å². The molecule has 0 heterocycles. The van der Waals surface area contributed by atoms with Gasteiger partial charge >= 0.3 is 0 Å². The molecule has 0 saturated heterocycles. The molecule has 0 spiro atoms. The number of carbonyl (C=O) groups is 1. The Balaban J connectivity index is 2.64. The Morgan fingerprint density at radius 2 is 1.95 bits per heavy atom. The van der Waals surface area contributed by atoms with E-state index in [9.17, 15) is 4.79 Å². The van der Waals surface area contributed by atoms with Crippen molar-refractivity contribution in [2.75, 3.05) is 20.2 Å². The van der Waals surface area contributed by atoms with Gasteiger partial charge in [-0.05, 0) is 44.5 Å². The zero-order chi connectivity index (χ0) is 14.3. The van der Waals surface area contributed by atoms with Gasteiger partial charge in [0.2, 0.25) is 5.91 Å². The highest BCUT2D eigenvalue weighted by atomic mass is 16.5. The molecule has 1 aromatic carbocycles. The molecular weight excluding hydrogens is 240 g/mol. The molecule has 0 aromatic heterocycles. The highest BCUT2D eigenvalue weighted by molar-refractivity contribution is 5.79. The summed E-state index contributed by atoms with van der Waals surface area (Å²) in [6, 6.07) is 7.82. The van der Waals surface area contributed by atoms with Gasteiger partial charge < -0.3 is 15.4 Å². The van der Waals surface area contributed by atoms with E-state index >= 15 is 0 Å². The van der Waals surface area contributed by atoms with E-state index in [0.29, 0.717) is 13.0 Å². The lowest BCUT2D eigenvalue weighted by Crippen LogP contribution is -2.39. The van der Waals surface area contributed by atoms with E-state index in [1.807, 2.05) is 43.0 Å². The first-order chi connectivity index (χ1) is 9.08. The zero-order valence-corrected chi connectivity index (χ0v) is 12.1. The fraction of sp³-hybridized carbons (Fsp3) is 0.533. The van der Waals surface area contributed by atoms with Crippen LogP contribution in [0.2, 0.25) is 0 Å². The summed E-state index contributed by atoms with van der Waals surface area (Å²) in [6.45, 7) is 5.40. The van der Waals surface area contributed by atoms with Gasteiger partial charge in [-0.3, -0.25) is 4.79 Å². The van der Waals surface area contributed by atoms with Crippen LogP contribution in [-0.4, -0.2) is 37.0 Å². The number of benzene rings is 1. The van der Waals surface area contributed by atoms with E-state index in [1.54, 1.807) is 7.11 Å². The molecule has 19 heavy (non-hydrogen) atoms. The predicted octanol–water partition coefficient (Wildman–Crippen LogP) is 1.82. The topological polar surface area (TPSA) is 55.6 Å². The minimum atomic E-state index is 0.147. The molecule has 0 aliphatic heterocycles. The van der Waals surface area contributed by atoms with E-state index in [1.165, 1.54) is 0 Å². The van der Waals surface area contributed by atoms with Crippen molar-refractivity contribution in [2.24, 2.45) is 5.73 Å². The number of nitrogens with two attached hydrogens (primary N) is 1. The summed E-state index contributed by atoms with van der Waals surface area (Å²) in [4.78, 5) is 14.2. The van der Waals surface area contributed by atoms with Crippen LogP contribution in [0.5, 0.6) is 5.75 Å². The molecule has 0 aliphatic carbocycles. The van der Waals surface area contributed by atoms with Crippen LogP contribution in [-0.2, 0) is 11.2 Å². The van der Waals surface area contributed by atoms with Crippen molar-refractivity contribution in [3.8, 4) is 5.75 Å². The maximum atomic E-state index is 12.3. The van der Waals surface area contributed by atoms with Gasteiger partial charge in [0.25, 0.3) is 0 Å². The van der Waals surface area contributed by atoms with Crippen LogP contribution in [0.4, 0.5) is 0 Å². The highest BCUT2D eigenvalue weighted by Gasteiger charge is 2.16. The first-order valence-electron chi connectivity index (χ1n) is 6.71. The number of rotatable bonds is 7. The van der Waals surface area contributed by atoms with Crippen molar-refractivity contribution in [3.05, 3.63) is 29.8 Å². The van der Waals surface area contributed by atoms with Crippen molar-refractivity contribution in [3.63, 3.8) is 0 Å². The normalized spacial score (nSPS) is 10.6. The maximum Gasteiger partial charge on any atom is 0.227 e. The number of nitrogens with zero attached hydrogens (tertiary/aromatic N) is 1. The molecule has 1 aromatic rings. The molecule has 0 fully saturated rings. The molecule has 0 atom stereocenters. The molecule has 4 nitrogen and oxygen atoms in total. The molecule has 1 rings (SSSR count). The first-order valence-corrected chi connectivity index (χ1v) is 6.71. The summed E-state index contributed by atoms with van der Waals surface area (Å²) in [5, 5.41) is 0. The fourth-order valence-corrected chi connectivity index (χ4v) is 1.95. The summed E-state index contributed by atoms with van der Waals surface area (Å²) in [5.41, 5.74) is 6.51. The largest absolute Gasteiger partial charge is 0.497 e. The van der Waals surface area contributed by atoms with Crippen LogP contribution in [0.1, 0.15) is 25.8 Å². The maximum absolute atomic E-state index is 12.3. The van der Waals surface area contributed by atoms with Crippen LogP contribution in [0.3, 0.4) is 0 Å². The van der Waals surface area contributed by atoms with E-state index in [2.05, 4.69) is 0 Å². The SMILES string of the molecule is COc1ccc(CC(=O)N(CCCN)C(C)C)cc1. The smallest absolute Gasteiger partial charge is 0.227 e. The molecule has 106 valence electrons. The van der Waals surface area contributed by atoms with Gasteiger partial charge in [-0.1, -0.05) is 12.1 Å². The predicted molar refractivity (Wildman–Crippen MR) is 77.2 cm³/mol. The van der Waals surface area contributed by atoms with Gasteiger partial charge in [0.05, 0.1) is 13.5 Å². The van der Waals surface area contributed by atoms with Gasteiger partial charge in [0, 0.05) is 12.6 Å². The second-order valence-electron chi connectivity index (χ2n) is 4.85. The number of carbonyl (C=O) groups excluding carboxylic acids is 1. The van der Waals surface area contributed by atoms with Crippen LogP contribution in [0.15, 0.2) is 24.3 Å². The Morgan fingerprint density at radius 3 is 2.42 bits per heavy atom. The number of ether oxygens (including phenoxy) is 1. The molecule has 0 radical (unpaired) electrons. The van der Waals surface area contributed by atoms with Crippen molar-refractivity contribution in [2.45, 2.75) is 32.7 Å². The Morgan fingerprint density at radius 1 is 1.32 bits per heavy atom. The van der Waals surface area contributed by atoms with Gasteiger partial charge in [-0.2, -0.15) is 0 Å². The van der Waals surface area contributed by atoms with Crippen LogP contribution < -0.4 is 10.5 Å². The molecular formula is C15H24N2O2. The Hall–Kier alpha value is -1.55. The lowest BCUT2D eigenvalue weighted by atomic mass is 10.1. The van der Waals surface area contributed by atoms with Gasteiger partial charge in [0.1, 0.15) is 5.75 Å². The molecule has 0 unspecified atom stereocenters. The first kappa shape index (κ1) is 15.5. The Kier molecular flexibility index (Phi) is 6.36. The fourth-order valence-electron chi connectivity index (χ4n) is 1.95. The Bertz CT molecular complexity index is 388. The average molecular weight is 264 g/mol. The third-order valence-electron chi connectivity index (χ3n) is 3.06. The molecule has 2 N–H and O–H groups in total. The molecule has 0 aliphatic rings. The third-order valence-corrected chi connectivity index (χ3v) is 3.06. The van der Waals surface area contributed by atoms with Crippen molar-refractivity contribution in [1.29, 1.82) is 0 Å². The van der Waals surface area contributed by atoms with Gasteiger partial charge in [-0.25, -0.2) is 0 Å². The Labute approximate surface area is 115 Å². The minimum absolute atomic E-state index is 0.147. The number of methoxy groups -OCH3 is 1. The lowest BCUT2D eigenvalue weighted by Gasteiger charge is -2.26. The van der Waals surface area contributed by atoms with Gasteiger partial charge in [0.15, 0.2) is 0 Å². The summed E-state index contributed by atoms with van der Waals surface area (Å²) in [7, 11) is 1.63.